The van der Waals surface area contributed by atoms with Crippen LogP contribution in [0.5, 0.6) is 0 Å². The zero-order valence-corrected chi connectivity index (χ0v) is 19.9. The van der Waals surface area contributed by atoms with Crippen molar-refractivity contribution >= 4 is 29.3 Å². The molecule has 2 amide bonds. The SMILES string of the molecule is CCN1C(=O)[C@@H](CNc2ccc(CCN3CCCC3)cc2)SC1[C@H](N)C(=O)N[C@@H](C)CO. The van der Waals surface area contributed by atoms with Crippen molar-refractivity contribution in [1.29, 1.82) is 0 Å². The Morgan fingerprint density at radius 1 is 1.28 bits per heavy atom. The summed E-state index contributed by atoms with van der Waals surface area (Å²) in [6, 6.07) is 7.19. The predicted molar refractivity (Wildman–Crippen MR) is 130 cm³/mol. The standard InChI is InChI=1S/C23H37N5O3S/c1-3-28-22(31)19(32-23(28)20(24)21(30)26-16(2)15-29)14-25-18-8-6-17(7-9-18)10-13-27-11-4-5-12-27/h6-9,16,19-20,23,25,29H,3-5,10-15,24H2,1-2H3,(H,26,30)/t16-,19+,20+,23?/m0/s1. The third-order valence-electron chi connectivity index (χ3n) is 6.14. The maximum absolute atomic E-state index is 12.9. The summed E-state index contributed by atoms with van der Waals surface area (Å²) in [6.45, 7) is 7.96. The number of carbonyl (C=O) groups is 2. The van der Waals surface area contributed by atoms with Crippen molar-refractivity contribution in [2.75, 3.05) is 44.6 Å². The monoisotopic (exact) mass is 463 g/mol. The lowest BCUT2D eigenvalue weighted by Crippen LogP contribution is -2.54. The highest BCUT2D eigenvalue weighted by molar-refractivity contribution is 8.01. The molecule has 8 nitrogen and oxygen atoms in total. The number of likely N-dealkylation sites (tertiary alicyclic amines) is 1. The van der Waals surface area contributed by atoms with Crippen LogP contribution < -0.4 is 16.4 Å². The number of aliphatic hydroxyl groups is 1. The van der Waals surface area contributed by atoms with Crippen molar-refractivity contribution in [3.63, 3.8) is 0 Å². The summed E-state index contributed by atoms with van der Waals surface area (Å²) >= 11 is 1.43. The lowest BCUT2D eigenvalue weighted by molar-refractivity contribution is -0.131. The van der Waals surface area contributed by atoms with Gasteiger partial charge in [-0.25, -0.2) is 0 Å². The number of anilines is 1. The Morgan fingerprint density at radius 2 is 1.97 bits per heavy atom. The number of carbonyl (C=O) groups excluding carboxylic acids is 2. The first kappa shape index (κ1) is 24.8. The molecular weight excluding hydrogens is 426 g/mol. The van der Waals surface area contributed by atoms with E-state index in [2.05, 4.69) is 39.8 Å². The fraction of sp³-hybridized carbons (Fsp3) is 0.652. The minimum Gasteiger partial charge on any atom is -0.394 e. The van der Waals surface area contributed by atoms with E-state index in [1.165, 1.54) is 43.3 Å². The van der Waals surface area contributed by atoms with Crippen LogP contribution >= 0.6 is 11.8 Å². The Kier molecular flexibility index (Phi) is 9.22. The number of benzene rings is 1. The second kappa shape index (κ2) is 11.9. The van der Waals surface area contributed by atoms with E-state index in [0.717, 1.165) is 18.7 Å². The van der Waals surface area contributed by atoms with Crippen molar-refractivity contribution in [1.82, 2.24) is 15.1 Å². The first-order valence-electron chi connectivity index (χ1n) is 11.6. The van der Waals surface area contributed by atoms with Gasteiger partial charge in [0.15, 0.2) is 0 Å². The van der Waals surface area contributed by atoms with E-state index >= 15 is 0 Å². The Labute approximate surface area is 195 Å². The molecule has 2 aliphatic rings. The van der Waals surface area contributed by atoms with E-state index in [1.54, 1.807) is 11.8 Å². The molecule has 1 aromatic rings. The maximum Gasteiger partial charge on any atom is 0.240 e. The third-order valence-corrected chi connectivity index (χ3v) is 7.67. The Bertz CT molecular complexity index is 757. The second-order valence-corrected chi connectivity index (χ2v) is 9.96. The van der Waals surface area contributed by atoms with Crippen LogP contribution in [0.1, 0.15) is 32.3 Å². The molecule has 5 N–H and O–H groups in total. The average Bonchev–Trinajstić information content (AvgIpc) is 3.43. The average molecular weight is 464 g/mol. The first-order valence-corrected chi connectivity index (χ1v) is 12.5. The molecule has 2 saturated heterocycles. The zero-order chi connectivity index (χ0) is 23.1. The van der Waals surface area contributed by atoms with E-state index in [4.69, 9.17) is 10.8 Å². The van der Waals surface area contributed by atoms with Gasteiger partial charge in [-0.3, -0.25) is 9.59 Å². The molecule has 3 rings (SSSR count). The molecule has 0 aromatic heterocycles. The lowest BCUT2D eigenvalue weighted by atomic mass is 10.1. The van der Waals surface area contributed by atoms with Crippen LogP contribution in [-0.2, 0) is 16.0 Å². The Balaban J connectivity index is 1.51. The van der Waals surface area contributed by atoms with Gasteiger partial charge in [-0.05, 0) is 63.9 Å². The van der Waals surface area contributed by atoms with Crippen molar-refractivity contribution in [2.24, 2.45) is 5.73 Å². The number of aliphatic hydroxyl groups excluding tert-OH is 1. The van der Waals surface area contributed by atoms with Gasteiger partial charge in [0.05, 0.1) is 6.61 Å². The van der Waals surface area contributed by atoms with Crippen LogP contribution in [0.3, 0.4) is 0 Å². The topological polar surface area (TPSA) is 111 Å². The number of likely N-dealkylation sites (N-methyl/N-ethyl adjacent to an activating group) is 1. The molecule has 2 fully saturated rings. The number of hydrogen-bond acceptors (Lipinski definition) is 7. The van der Waals surface area contributed by atoms with Gasteiger partial charge in [0, 0.05) is 31.4 Å². The predicted octanol–water partition coefficient (Wildman–Crippen LogP) is 0.851. The number of nitrogens with one attached hydrogen (secondary N) is 2. The summed E-state index contributed by atoms with van der Waals surface area (Å²) < 4.78 is 0. The van der Waals surface area contributed by atoms with Gasteiger partial charge in [0.1, 0.15) is 16.7 Å². The summed E-state index contributed by atoms with van der Waals surface area (Å²) in [5, 5.41) is 14.5. The molecule has 0 spiro atoms. The van der Waals surface area contributed by atoms with E-state index in [-0.39, 0.29) is 29.7 Å². The van der Waals surface area contributed by atoms with Gasteiger partial charge < -0.3 is 31.3 Å². The molecule has 4 atom stereocenters. The second-order valence-electron chi connectivity index (χ2n) is 8.63. The molecule has 1 unspecified atom stereocenters. The molecule has 0 bridgehead atoms. The summed E-state index contributed by atoms with van der Waals surface area (Å²) in [5.41, 5.74) is 8.48. The van der Waals surface area contributed by atoms with Gasteiger partial charge in [-0.2, -0.15) is 0 Å². The normalized spacial score (nSPS) is 23.4. The molecule has 2 heterocycles. The minimum atomic E-state index is -0.849. The molecular formula is C23H37N5O3S. The highest BCUT2D eigenvalue weighted by atomic mass is 32.2. The van der Waals surface area contributed by atoms with Gasteiger partial charge in [0.2, 0.25) is 11.8 Å². The van der Waals surface area contributed by atoms with Crippen molar-refractivity contribution in [3.05, 3.63) is 29.8 Å². The number of hydrogen-bond donors (Lipinski definition) is 4. The molecule has 2 aliphatic heterocycles. The van der Waals surface area contributed by atoms with Crippen molar-refractivity contribution < 1.29 is 14.7 Å². The van der Waals surface area contributed by atoms with Crippen LogP contribution in [0.2, 0.25) is 0 Å². The van der Waals surface area contributed by atoms with E-state index < -0.39 is 11.4 Å². The maximum atomic E-state index is 12.9. The molecule has 0 saturated carbocycles. The minimum absolute atomic E-state index is 0.00399. The van der Waals surface area contributed by atoms with E-state index in [9.17, 15) is 9.59 Å². The fourth-order valence-corrected chi connectivity index (χ4v) is 5.63. The van der Waals surface area contributed by atoms with E-state index in [1.807, 2.05) is 6.92 Å². The molecule has 0 aliphatic carbocycles. The van der Waals surface area contributed by atoms with Gasteiger partial charge in [-0.1, -0.05) is 12.1 Å². The van der Waals surface area contributed by atoms with Gasteiger partial charge >= 0.3 is 0 Å². The zero-order valence-electron chi connectivity index (χ0n) is 19.1. The van der Waals surface area contributed by atoms with Crippen LogP contribution in [0, 0.1) is 0 Å². The number of thioether (sulfide) groups is 1. The smallest absolute Gasteiger partial charge is 0.240 e. The number of rotatable bonds is 11. The van der Waals surface area contributed by atoms with Gasteiger partial charge in [-0.15, -0.1) is 11.8 Å². The first-order chi connectivity index (χ1) is 15.4. The van der Waals surface area contributed by atoms with E-state index in [0.29, 0.717) is 13.1 Å². The van der Waals surface area contributed by atoms with Gasteiger partial charge in [0.25, 0.3) is 0 Å². The Morgan fingerprint density at radius 3 is 2.59 bits per heavy atom. The number of nitrogens with two attached hydrogens (primary N) is 1. The molecule has 0 radical (unpaired) electrons. The summed E-state index contributed by atoms with van der Waals surface area (Å²) in [6.07, 6.45) is 3.68. The van der Waals surface area contributed by atoms with Crippen molar-refractivity contribution in [3.8, 4) is 0 Å². The lowest BCUT2D eigenvalue weighted by Gasteiger charge is -2.27. The molecule has 32 heavy (non-hydrogen) atoms. The van der Waals surface area contributed by atoms with Crippen LogP contribution in [0.15, 0.2) is 24.3 Å². The van der Waals surface area contributed by atoms with Crippen LogP contribution in [0.4, 0.5) is 5.69 Å². The summed E-state index contributed by atoms with van der Waals surface area (Å²) in [5.74, 6) is -0.357. The number of amides is 2. The number of nitrogens with zero attached hydrogens (tertiary/aromatic N) is 2. The highest BCUT2D eigenvalue weighted by Gasteiger charge is 2.44. The summed E-state index contributed by atoms with van der Waals surface area (Å²) in [4.78, 5) is 29.5. The third kappa shape index (κ3) is 6.37. The molecule has 1 aromatic carbocycles. The highest BCUT2D eigenvalue weighted by Crippen LogP contribution is 2.33. The largest absolute Gasteiger partial charge is 0.394 e. The quantitative estimate of drug-likeness (QED) is 0.385. The fourth-order valence-electron chi connectivity index (χ4n) is 4.17. The van der Waals surface area contributed by atoms with Crippen LogP contribution in [0.25, 0.3) is 0 Å². The Hall–Kier alpha value is -1.81. The van der Waals surface area contributed by atoms with Crippen LogP contribution in [-0.4, -0.2) is 88.8 Å². The molecule has 9 heteroatoms. The van der Waals surface area contributed by atoms with Crippen molar-refractivity contribution in [2.45, 2.75) is 55.8 Å². The molecule has 178 valence electrons. The summed E-state index contributed by atoms with van der Waals surface area (Å²) in [7, 11) is 0.